The molecule has 0 aliphatic carbocycles. The summed E-state index contributed by atoms with van der Waals surface area (Å²) in [7, 11) is 0. The third-order valence-corrected chi connectivity index (χ3v) is 4.83. The van der Waals surface area contributed by atoms with Crippen LogP contribution in [-0.2, 0) is 22.6 Å². The first kappa shape index (κ1) is 17.6. The quantitative estimate of drug-likeness (QED) is 0.797. The molecule has 0 radical (unpaired) electrons. The zero-order valence-corrected chi connectivity index (χ0v) is 14.6. The Morgan fingerprint density at radius 2 is 1.52 bits per heavy atom. The summed E-state index contributed by atoms with van der Waals surface area (Å²) in [5.74, 6) is 1.12. The highest BCUT2D eigenvalue weighted by Crippen LogP contribution is 2.14. The molecule has 2 aliphatic heterocycles. The Morgan fingerprint density at radius 3 is 2.28 bits per heavy atom. The Labute approximate surface area is 146 Å². The van der Waals surface area contributed by atoms with E-state index in [1.807, 2.05) is 16.8 Å². The number of hydrogen-bond acceptors (Lipinski definition) is 4. The van der Waals surface area contributed by atoms with Crippen LogP contribution < -0.4 is 5.56 Å². The van der Waals surface area contributed by atoms with Crippen molar-refractivity contribution in [3.8, 4) is 0 Å². The van der Waals surface area contributed by atoms with Crippen LogP contribution in [0.25, 0.3) is 11.0 Å². The van der Waals surface area contributed by atoms with Gasteiger partial charge in [0, 0.05) is 44.8 Å². The second kappa shape index (κ2) is 8.23. The molecule has 0 unspecified atom stereocenters. The topological polar surface area (TPSA) is 84.8 Å². The maximum absolute atomic E-state index is 12.4. The summed E-state index contributed by atoms with van der Waals surface area (Å²) in [6.07, 6.45) is 9.06. The average molecular weight is 343 g/mol. The molecule has 4 bridgehead atoms. The molecule has 0 fully saturated rings. The predicted molar refractivity (Wildman–Crippen MR) is 95.6 cm³/mol. The van der Waals surface area contributed by atoms with Crippen molar-refractivity contribution in [3.05, 3.63) is 28.4 Å². The van der Waals surface area contributed by atoms with E-state index in [0.717, 1.165) is 25.7 Å². The molecule has 6 heteroatoms. The number of ketones is 2. The van der Waals surface area contributed by atoms with Crippen molar-refractivity contribution in [1.29, 1.82) is 0 Å². The van der Waals surface area contributed by atoms with Gasteiger partial charge in [0.2, 0.25) is 0 Å². The predicted octanol–water partition coefficient (Wildman–Crippen LogP) is 2.93. The van der Waals surface area contributed by atoms with Crippen LogP contribution in [0.2, 0.25) is 0 Å². The van der Waals surface area contributed by atoms with Crippen LogP contribution in [0.5, 0.6) is 0 Å². The number of fused-ring (bicyclic) bond motifs is 13. The normalized spacial score (nSPS) is 18.6. The summed E-state index contributed by atoms with van der Waals surface area (Å²) in [5, 5.41) is 0. The number of nitrogens with zero attached hydrogens (tertiary/aromatic N) is 2. The lowest BCUT2D eigenvalue weighted by molar-refractivity contribution is -0.120. The molecular formula is C19H25N3O3. The monoisotopic (exact) mass is 343 g/mol. The molecule has 6 nitrogen and oxygen atoms in total. The number of aromatic amines is 1. The highest BCUT2D eigenvalue weighted by molar-refractivity contribution is 5.79. The van der Waals surface area contributed by atoms with E-state index in [4.69, 9.17) is 0 Å². The van der Waals surface area contributed by atoms with Gasteiger partial charge in [0.1, 0.15) is 22.9 Å². The number of nitrogens with one attached hydrogen (secondary N) is 1. The van der Waals surface area contributed by atoms with Gasteiger partial charge >= 0.3 is 0 Å². The van der Waals surface area contributed by atoms with E-state index in [-0.39, 0.29) is 17.1 Å². The van der Waals surface area contributed by atoms with E-state index in [1.165, 1.54) is 0 Å². The second-order valence-electron chi connectivity index (χ2n) is 6.85. The molecule has 2 aromatic rings. The summed E-state index contributed by atoms with van der Waals surface area (Å²) in [4.78, 5) is 43.7. The van der Waals surface area contributed by atoms with Gasteiger partial charge in [-0.2, -0.15) is 0 Å². The first-order valence-corrected chi connectivity index (χ1v) is 9.25. The van der Waals surface area contributed by atoms with Crippen LogP contribution >= 0.6 is 0 Å². The lowest BCUT2D eigenvalue weighted by Gasteiger charge is -2.07. The van der Waals surface area contributed by atoms with Gasteiger partial charge in [0.15, 0.2) is 0 Å². The van der Waals surface area contributed by atoms with Crippen molar-refractivity contribution in [2.24, 2.45) is 0 Å². The molecule has 4 rings (SSSR count). The Bertz CT molecular complexity index is 819. The molecule has 2 aliphatic rings. The first-order chi connectivity index (χ1) is 12.1. The molecular weight excluding hydrogens is 318 g/mol. The van der Waals surface area contributed by atoms with Gasteiger partial charge in [-0.25, -0.2) is 4.98 Å². The van der Waals surface area contributed by atoms with Crippen LogP contribution in [0.15, 0.2) is 17.1 Å². The fraction of sp³-hybridized carbons (Fsp3) is 0.579. The van der Waals surface area contributed by atoms with Crippen molar-refractivity contribution >= 4 is 22.6 Å². The summed E-state index contributed by atoms with van der Waals surface area (Å²) in [6.45, 7) is 0.515. The van der Waals surface area contributed by atoms with Gasteiger partial charge in [-0.05, 0) is 25.3 Å². The number of aromatic nitrogens is 3. The molecule has 2 aromatic heterocycles. The highest BCUT2D eigenvalue weighted by atomic mass is 16.1. The standard InChI is InChI=1S/C19H25N3O3/c23-14-6-3-1-2-4-7-15(24)10-12-22-13-11-16-18(22)19(25)21-17(20-16)9-5-8-14/h11,13H,1-10,12H2,(H,20,21,25). The van der Waals surface area contributed by atoms with E-state index >= 15 is 0 Å². The van der Waals surface area contributed by atoms with Crippen molar-refractivity contribution in [2.45, 2.75) is 70.8 Å². The number of carbonyl (C=O) groups is 2. The summed E-state index contributed by atoms with van der Waals surface area (Å²) >= 11 is 0. The fourth-order valence-corrected chi connectivity index (χ4v) is 3.41. The smallest absolute Gasteiger partial charge is 0.275 e. The van der Waals surface area contributed by atoms with Crippen molar-refractivity contribution in [1.82, 2.24) is 14.5 Å². The number of aryl methyl sites for hydroxylation is 2. The van der Waals surface area contributed by atoms with E-state index in [1.54, 1.807) is 0 Å². The Kier molecular flexibility index (Phi) is 5.79. The van der Waals surface area contributed by atoms with E-state index in [9.17, 15) is 14.4 Å². The fourth-order valence-electron chi connectivity index (χ4n) is 3.41. The van der Waals surface area contributed by atoms with Gasteiger partial charge in [-0.3, -0.25) is 14.4 Å². The Morgan fingerprint density at radius 1 is 0.840 bits per heavy atom. The largest absolute Gasteiger partial charge is 0.341 e. The van der Waals surface area contributed by atoms with Gasteiger partial charge in [0.25, 0.3) is 5.56 Å². The zero-order chi connectivity index (χ0) is 17.6. The molecule has 25 heavy (non-hydrogen) atoms. The van der Waals surface area contributed by atoms with Crippen LogP contribution in [0, 0.1) is 0 Å². The molecule has 1 N–H and O–H groups in total. The van der Waals surface area contributed by atoms with Gasteiger partial charge in [0.05, 0.1) is 5.52 Å². The summed E-state index contributed by atoms with van der Waals surface area (Å²) < 4.78 is 1.81. The number of hydrogen-bond donors (Lipinski definition) is 1. The van der Waals surface area contributed by atoms with Gasteiger partial charge < -0.3 is 9.55 Å². The lowest BCUT2D eigenvalue weighted by atomic mass is 10.0. The van der Waals surface area contributed by atoms with Crippen LogP contribution in [0.4, 0.5) is 0 Å². The number of Topliss-reactive ketones (excluding diaryl/α,β-unsaturated/α-hetero) is 2. The average Bonchev–Trinajstić information content (AvgIpc) is 2.99. The number of carbonyl (C=O) groups excluding carboxylic acids is 2. The number of rotatable bonds is 0. The SMILES string of the molecule is O=C1CCCCCCC(=O)CCn2ccc3nc([nH]c(=O)c32)CCC1. The van der Waals surface area contributed by atoms with E-state index in [2.05, 4.69) is 9.97 Å². The lowest BCUT2D eigenvalue weighted by Crippen LogP contribution is -2.16. The van der Waals surface area contributed by atoms with Crippen LogP contribution in [0.3, 0.4) is 0 Å². The third kappa shape index (κ3) is 4.65. The zero-order valence-electron chi connectivity index (χ0n) is 14.6. The third-order valence-electron chi connectivity index (χ3n) is 4.83. The molecule has 0 atom stereocenters. The van der Waals surface area contributed by atoms with E-state index in [0.29, 0.717) is 61.9 Å². The minimum absolute atomic E-state index is 0.176. The maximum Gasteiger partial charge on any atom is 0.275 e. The molecule has 4 heterocycles. The molecule has 0 saturated heterocycles. The number of H-pyrrole nitrogens is 1. The van der Waals surface area contributed by atoms with Gasteiger partial charge in [-0.15, -0.1) is 0 Å². The maximum atomic E-state index is 12.4. The van der Waals surface area contributed by atoms with Crippen LogP contribution in [-0.4, -0.2) is 26.1 Å². The molecule has 0 aromatic carbocycles. The van der Waals surface area contributed by atoms with Crippen molar-refractivity contribution in [3.63, 3.8) is 0 Å². The van der Waals surface area contributed by atoms with Gasteiger partial charge in [-0.1, -0.05) is 12.8 Å². The van der Waals surface area contributed by atoms with Crippen LogP contribution in [0.1, 0.15) is 63.6 Å². The molecule has 0 saturated carbocycles. The van der Waals surface area contributed by atoms with Crippen molar-refractivity contribution < 1.29 is 9.59 Å². The highest BCUT2D eigenvalue weighted by Gasteiger charge is 2.12. The minimum Gasteiger partial charge on any atom is -0.341 e. The minimum atomic E-state index is -0.176. The summed E-state index contributed by atoms with van der Waals surface area (Å²) in [6, 6.07) is 1.82. The second-order valence-corrected chi connectivity index (χ2v) is 6.85. The Hall–Kier alpha value is -2.24. The molecule has 134 valence electrons. The van der Waals surface area contributed by atoms with Crippen molar-refractivity contribution in [2.75, 3.05) is 0 Å². The summed E-state index contributed by atoms with van der Waals surface area (Å²) in [5.41, 5.74) is 0.997. The Balaban J connectivity index is 1.81. The van der Waals surface area contributed by atoms with E-state index < -0.39 is 0 Å². The molecule has 0 amide bonds. The molecule has 0 spiro atoms. The first-order valence-electron chi connectivity index (χ1n) is 9.25.